The van der Waals surface area contributed by atoms with Gasteiger partial charge in [0.15, 0.2) is 0 Å². The van der Waals surface area contributed by atoms with Gasteiger partial charge < -0.3 is 10.1 Å². The molecule has 2 aromatic rings. The number of benzene rings is 1. The molecule has 1 aromatic heterocycles. The van der Waals surface area contributed by atoms with Crippen LogP contribution in [0.15, 0.2) is 29.1 Å². The van der Waals surface area contributed by atoms with Crippen molar-refractivity contribution < 1.29 is 4.74 Å². The normalized spacial score (nSPS) is 12.4. The number of hydrogen-bond donors (Lipinski definition) is 1. The smallest absolute Gasteiger partial charge is 0.124 e. The van der Waals surface area contributed by atoms with Gasteiger partial charge in [-0.2, -0.15) is 0 Å². The van der Waals surface area contributed by atoms with E-state index >= 15 is 0 Å². The summed E-state index contributed by atoms with van der Waals surface area (Å²) >= 11 is 7.61. The Balaban J connectivity index is 2.46. The predicted molar refractivity (Wildman–Crippen MR) is 71.0 cm³/mol. The first-order valence-electron chi connectivity index (χ1n) is 5.15. The first-order chi connectivity index (χ1) is 8.26. The van der Waals surface area contributed by atoms with E-state index in [0.29, 0.717) is 5.02 Å². The Kier molecular flexibility index (Phi) is 3.99. The van der Waals surface area contributed by atoms with Gasteiger partial charge in [0.25, 0.3) is 0 Å². The van der Waals surface area contributed by atoms with E-state index in [1.165, 1.54) is 0 Å². The molecule has 1 N–H and O–H groups in total. The summed E-state index contributed by atoms with van der Waals surface area (Å²) in [6, 6.07) is 5.59. The molecule has 17 heavy (non-hydrogen) atoms. The third-order valence-electron chi connectivity index (χ3n) is 2.54. The Morgan fingerprint density at radius 2 is 2.29 bits per heavy atom. The van der Waals surface area contributed by atoms with Gasteiger partial charge in [0.2, 0.25) is 0 Å². The molecule has 5 heteroatoms. The highest BCUT2D eigenvalue weighted by atomic mass is 35.5. The van der Waals surface area contributed by atoms with Gasteiger partial charge in [-0.3, -0.25) is 0 Å². The highest BCUT2D eigenvalue weighted by Gasteiger charge is 2.18. The van der Waals surface area contributed by atoms with Crippen molar-refractivity contribution in [2.45, 2.75) is 6.04 Å². The van der Waals surface area contributed by atoms with Crippen molar-refractivity contribution in [1.29, 1.82) is 0 Å². The summed E-state index contributed by atoms with van der Waals surface area (Å²) < 4.78 is 5.36. The standard InChI is InChI=1S/C12H13ClN2OS/c1-14-12(10-6-17-7-15-10)9-5-8(13)3-4-11(9)16-2/h3-7,12,14H,1-2H3. The molecule has 0 aliphatic rings. The molecule has 0 amide bonds. The zero-order valence-electron chi connectivity index (χ0n) is 9.61. The molecular formula is C12H13ClN2OS. The molecule has 1 heterocycles. The molecule has 0 fully saturated rings. The van der Waals surface area contributed by atoms with Crippen molar-refractivity contribution in [2.75, 3.05) is 14.2 Å². The molecule has 1 aromatic carbocycles. The second-order valence-electron chi connectivity index (χ2n) is 3.52. The van der Waals surface area contributed by atoms with Gasteiger partial charge >= 0.3 is 0 Å². The Labute approximate surface area is 109 Å². The van der Waals surface area contributed by atoms with Crippen molar-refractivity contribution in [3.63, 3.8) is 0 Å². The van der Waals surface area contributed by atoms with E-state index in [2.05, 4.69) is 10.3 Å². The van der Waals surface area contributed by atoms with E-state index in [0.717, 1.165) is 17.0 Å². The van der Waals surface area contributed by atoms with E-state index in [-0.39, 0.29) is 6.04 Å². The summed E-state index contributed by atoms with van der Waals surface area (Å²) in [5, 5.41) is 5.93. The Bertz CT molecular complexity index is 487. The topological polar surface area (TPSA) is 34.2 Å². The monoisotopic (exact) mass is 268 g/mol. The third kappa shape index (κ3) is 2.60. The number of aromatic nitrogens is 1. The van der Waals surface area contributed by atoms with E-state index in [9.17, 15) is 0 Å². The molecule has 1 atom stereocenters. The van der Waals surface area contributed by atoms with Crippen LogP contribution in [0.4, 0.5) is 0 Å². The van der Waals surface area contributed by atoms with Crippen LogP contribution in [0.1, 0.15) is 17.3 Å². The zero-order valence-corrected chi connectivity index (χ0v) is 11.2. The van der Waals surface area contributed by atoms with Crippen molar-refractivity contribution in [3.8, 4) is 5.75 Å². The summed E-state index contributed by atoms with van der Waals surface area (Å²) in [4.78, 5) is 4.33. The molecule has 2 rings (SSSR count). The van der Waals surface area contributed by atoms with E-state index in [1.807, 2.05) is 36.1 Å². The number of hydrogen-bond acceptors (Lipinski definition) is 4. The van der Waals surface area contributed by atoms with Crippen molar-refractivity contribution in [1.82, 2.24) is 10.3 Å². The van der Waals surface area contributed by atoms with E-state index in [4.69, 9.17) is 16.3 Å². The zero-order chi connectivity index (χ0) is 12.3. The summed E-state index contributed by atoms with van der Waals surface area (Å²) in [5.74, 6) is 0.807. The summed E-state index contributed by atoms with van der Waals surface area (Å²) in [5.41, 5.74) is 3.78. The molecule has 0 saturated carbocycles. The van der Waals surface area contributed by atoms with Crippen LogP contribution in [0.25, 0.3) is 0 Å². The predicted octanol–water partition coefficient (Wildman–Crippen LogP) is 3.11. The number of halogens is 1. The largest absolute Gasteiger partial charge is 0.496 e. The highest BCUT2D eigenvalue weighted by molar-refractivity contribution is 7.07. The molecule has 0 spiro atoms. The molecule has 0 bridgehead atoms. The summed E-state index contributed by atoms with van der Waals surface area (Å²) in [7, 11) is 3.55. The van der Waals surface area contributed by atoms with Crippen molar-refractivity contribution >= 4 is 22.9 Å². The van der Waals surface area contributed by atoms with Gasteiger partial charge in [-0.05, 0) is 25.2 Å². The van der Waals surface area contributed by atoms with Gasteiger partial charge in [0.1, 0.15) is 5.75 Å². The number of thiazole rings is 1. The molecule has 0 saturated heterocycles. The van der Waals surface area contributed by atoms with Crippen LogP contribution in [0, 0.1) is 0 Å². The average Bonchev–Trinajstić information content (AvgIpc) is 2.84. The molecule has 90 valence electrons. The fraction of sp³-hybridized carbons (Fsp3) is 0.250. The fourth-order valence-corrected chi connectivity index (χ4v) is 2.52. The molecule has 1 unspecified atom stereocenters. The highest BCUT2D eigenvalue weighted by Crippen LogP contribution is 2.31. The minimum Gasteiger partial charge on any atom is -0.496 e. The van der Waals surface area contributed by atoms with Gasteiger partial charge in [0, 0.05) is 16.0 Å². The Morgan fingerprint density at radius 1 is 1.47 bits per heavy atom. The lowest BCUT2D eigenvalue weighted by atomic mass is 10.0. The second kappa shape index (κ2) is 5.49. The van der Waals surface area contributed by atoms with Crippen LogP contribution < -0.4 is 10.1 Å². The quantitative estimate of drug-likeness (QED) is 0.925. The van der Waals surface area contributed by atoms with Crippen LogP contribution >= 0.6 is 22.9 Å². The number of nitrogens with zero attached hydrogens (tertiary/aromatic N) is 1. The third-order valence-corrected chi connectivity index (χ3v) is 3.38. The number of nitrogens with one attached hydrogen (secondary N) is 1. The van der Waals surface area contributed by atoms with Gasteiger partial charge in [0.05, 0.1) is 24.4 Å². The number of ether oxygens (including phenoxy) is 1. The van der Waals surface area contributed by atoms with Crippen LogP contribution in [0.3, 0.4) is 0 Å². The number of rotatable bonds is 4. The molecule has 3 nitrogen and oxygen atoms in total. The SMILES string of the molecule is CNC(c1cscn1)c1cc(Cl)ccc1OC. The first kappa shape index (κ1) is 12.4. The lowest BCUT2D eigenvalue weighted by molar-refractivity contribution is 0.405. The minimum absolute atomic E-state index is 0.00472. The maximum Gasteiger partial charge on any atom is 0.124 e. The second-order valence-corrected chi connectivity index (χ2v) is 4.68. The molecular weight excluding hydrogens is 256 g/mol. The maximum atomic E-state index is 6.04. The minimum atomic E-state index is -0.00472. The maximum absolute atomic E-state index is 6.04. The average molecular weight is 269 g/mol. The van der Waals surface area contributed by atoms with Crippen LogP contribution in [-0.2, 0) is 0 Å². The van der Waals surface area contributed by atoms with Gasteiger partial charge in [-0.1, -0.05) is 11.6 Å². The molecule has 0 radical (unpaired) electrons. The summed E-state index contributed by atoms with van der Waals surface area (Å²) in [6.07, 6.45) is 0. The Hall–Kier alpha value is -1.10. The summed E-state index contributed by atoms with van der Waals surface area (Å²) in [6.45, 7) is 0. The molecule has 0 aliphatic carbocycles. The van der Waals surface area contributed by atoms with E-state index in [1.54, 1.807) is 18.4 Å². The van der Waals surface area contributed by atoms with Crippen LogP contribution in [-0.4, -0.2) is 19.1 Å². The first-order valence-corrected chi connectivity index (χ1v) is 6.47. The van der Waals surface area contributed by atoms with Gasteiger partial charge in [-0.25, -0.2) is 4.98 Å². The van der Waals surface area contributed by atoms with Crippen LogP contribution in [0.5, 0.6) is 5.75 Å². The molecule has 0 aliphatic heterocycles. The van der Waals surface area contributed by atoms with Crippen LogP contribution in [0.2, 0.25) is 5.02 Å². The number of methoxy groups -OCH3 is 1. The van der Waals surface area contributed by atoms with Crippen molar-refractivity contribution in [3.05, 3.63) is 45.4 Å². The van der Waals surface area contributed by atoms with Crippen molar-refractivity contribution in [2.24, 2.45) is 0 Å². The van der Waals surface area contributed by atoms with E-state index < -0.39 is 0 Å². The lowest BCUT2D eigenvalue weighted by Gasteiger charge is -2.17. The lowest BCUT2D eigenvalue weighted by Crippen LogP contribution is -2.18. The fourth-order valence-electron chi connectivity index (χ4n) is 1.76. The van der Waals surface area contributed by atoms with Gasteiger partial charge in [-0.15, -0.1) is 11.3 Å². The Morgan fingerprint density at radius 3 is 2.88 bits per heavy atom.